The van der Waals surface area contributed by atoms with Crippen molar-refractivity contribution in [2.45, 2.75) is 61.3 Å². The Bertz CT molecular complexity index is 899. The minimum absolute atomic E-state index is 0.174. The highest BCUT2D eigenvalue weighted by atomic mass is 28.4. The van der Waals surface area contributed by atoms with E-state index in [4.69, 9.17) is 22.8 Å². The Labute approximate surface area is 217 Å². The molecule has 1 atom stereocenters. The molecular formula is C28H42O7Si. The highest BCUT2D eigenvalue weighted by Gasteiger charge is 2.60. The molecule has 1 aliphatic rings. The van der Waals surface area contributed by atoms with Crippen molar-refractivity contribution in [3.05, 3.63) is 52.2 Å². The molecule has 1 aliphatic carbocycles. The predicted molar refractivity (Wildman–Crippen MR) is 142 cm³/mol. The summed E-state index contributed by atoms with van der Waals surface area (Å²) in [5.41, 5.74) is 1.44. The van der Waals surface area contributed by atoms with Crippen molar-refractivity contribution in [3.63, 3.8) is 0 Å². The number of hydrogen-bond acceptors (Lipinski definition) is 7. The number of benzene rings is 1. The largest absolute Gasteiger partial charge is 0.533 e. The molecular weight excluding hydrogens is 476 g/mol. The maximum absolute atomic E-state index is 13.4. The Morgan fingerprint density at radius 1 is 0.861 bits per heavy atom. The van der Waals surface area contributed by atoms with Crippen LogP contribution in [0.4, 0.5) is 0 Å². The summed E-state index contributed by atoms with van der Waals surface area (Å²) in [5.74, 6) is -1.44. The minimum atomic E-state index is -3.35. The van der Waals surface area contributed by atoms with Gasteiger partial charge in [0.25, 0.3) is 0 Å². The van der Waals surface area contributed by atoms with E-state index in [1.54, 1.807) is 13.8 Å². The van der Waals surface area contributed by atoms with Crippen molar-refractivity contribution in [1.82, 2.24) is 0 Å². The van der Waals surface area contributed by atoms with Gasteiger partial charge in [-0.3, -0.25) is 9.59 Å². The fraction of sp³-hybridized carbons (Fsp3) is 0.571. The van der Waals surface area contributed by atoms with Gasteiger partial charge < -0.3 is 22.8 Å². The van der Waals surface area contributed by atoms with Gasteiger partial charge in [0.1, 0.15) is 0 Å². The quantitative estimate of drug-likeness (QED) is 0.193. The average Bonchev–Trinajstić information content (AvgIpc) is 3.20. The van der Waals surface area contributed by atoms with Gasteiger partial charge in [-0.1, -0.05) is 47.6 Å². The zero-order valence-corrected chi connectivity index (χ0v) is 23.8. The third-order valence-electron chi connectivity index (χ3n) is 6.21. The summed E-state index contributed by atoms with van der Waals surface area (Å²) in [6.07, 6.45) is 2.44. The Morgan fingerprint density at radius 2 is 1.36 bits per heavy atom. The molecule has 1 fully saturated rings. The Hall–Kier alpha value is -2.26. The molecule has 2 rings (SSSR count). The third kappa shape index (κ3) is 6.53. The van der Waals surface area contributed by atoms with Gasteiger partial charge in [0.2, 0.25) is 0 Å². The van der Waals surface area contributed by atoms with Crippen LogP contribution in [0, 0.1) is 11.3 Å². The second-order valence-electron chi connectivity index (χ2n) is 8.86. The van der Waals surface area contributed by atoms with Gasteiger partial charge in [-0.15, -0.1) is 0 Å². The molecule has 36 heavy (non-hydrogen) atoms. The fourth-order valence-corrected chi connectivity index (χ4v) is 8.14. The van der Waals surface area contributed by atoms with Gasteiger partial charge in [-0.2, -0.15) is 0 Å². The number of carbonyl (C=O) groups is 2. The first-order valence-electron chi connectivity index (χ1n) is 12.9. The Kier molecular flexibility index (Phi) is 11.6. The lowest BCUT2D eigenvalue weighted by Crippen LogP contribution is -2.51. The lowest BCUT2D eigenvalue weighted by molar-refractivity contribution is -0.171. The number of esters is 2. The monoisotopic (exact) mass is 518 g/mol. The van der Waals surface area contributed by atoms with Crippen LogP contribution in [-0.2, 0) is 32.3 Å². The van der Waals surface area contributed by atoms with Crippen molar-refractivity contribution < 1.29 is 32.3 Å². The Morgan fingerprint density at radius 3 is 1.78 bits per heavy atom. The summed E-state index contributed by atoms with van der Waals surface area (Å²) in [7, 11) is -3.35. The lowest BCUT2D eigenvalue weighted by Gasteiger charge is -2.35. The Balaban J connectivity index is 2.80. The molecule has 1 saturated carbocycles. The molecule has 0 aliphatic heterocycles. The van der Waals surface area contributed by atoms with Crippen LogP contribution in [-0.4, -0.2) is 53.8 Å². The molecule has 0 saturated heterocycles. The highest BCUT2D eigenvalue weighted by molar-refractivity contribution is 6.69. The van der Waals surface area contributed by atoms with Crippen molar-refractivity contribution in [3.8, 4) is 0 Å². The topological polar surface area (TPSA) is 80.3 Å². The van der Waals surface area contributed by atoms with Crippen LogP contribution in [0.3, 0.4) is 0 Å². The van der Waals surface area contributed by atoms with E-state index in [1.165, 1.54) is 0 Å². The predicted octanol–water partition coefficient (Wildman–Crippen LogP) is 5.52. The van der Waals surface area contributed by atoms with E-state index in [2.05, 4.69) is 6.08 Å². The van der Waals surface area contributed by atoms with Gasteiger partial charge in [0, 0.05) is 30.9 Å². The first-order chi connectivity index (χ1) is 17.2. The molecule has 1 aromatic carbocycles. The van der Waals surface area contributed by atoms with Gasteiger partial charge in [-0.25, -0.2) is 0 Å². The molecule has 0 radical (unpaired) electrons. The van der Waals surface area contributed by atoms with Gasteiger partial charge in [0.15, 0.2) is 5.41 Å². The molecule has 0 heterocycles. The van der Waals surface area contributed by atoms with Crippen LogP contribution in [0.5, 0.6) is 0 Å². The minimum Gasteiger partial charge on any atom is -0.465 e. The van der Waals surface area contributed by atoms with Gasteiger partial charge in [0.05, 0.1) is 13.2 Å². The molecule has 8 heteroatoms. The molecule has 1 aromatic rings. The van der Waals surface area contributed by atoms with Crippen LogP contribution < -0.4 is 0 Å². The van der Waals surface area contributed by atoms with E-state index in [9.17, 15) is 9.59 Å². The van der Waals surface area contributed by atoms with Crippen molar-refractivity contribution in [1.29, 1.82) is 0 Å². The standard InChI is InChI=1S/C28H42O7Si/c1-8-31-26(29)28(27(30)32-9-2)19-23(18-22-16-14-13-15-17-22)24(20-28)25(21(6)7)36(33-10-3,34-11-4)35-12-5/h13-18,24H,8-12,19-20H2,1-7H3/b23-18-. The fourth-order valence-electron chi connectivity index (χ4n) is 4.95. The van der Waals surface area contributed by atoms with Crippen molar-refractivity contribution in [2.24, 2.45) is 11.3 Å². The second kappa shape index (κ2) is 13.9. The normalized spacial score (nSPS) is 18.2. The van der Waals surface area contributed by atoms with Crippen molar-refractivity contribution in [2.75, 3.05) is 33.0 Å². The molecule has 0 spiro atoms. The second-order valence-corrected chi connectivity index (χ2v) is 11.4. The molecule has 7 nitrogen and oxygen atoms in total. The summed E-state index contributed by atoms with van der Waals surface area (Å²) in [6, 6.07) is 9.87. The lowest BCUT2D eigenvalue weighted by atomic mass is 9.85. The summed E-state index contributed by atoms with van der Waals surface area (Å²) >= 11 is 0. The molecule has 0 N–H and O–H groups in total. The van der Waals surface area contributed by atoms with Gasteiger partial charge in [-0.05, 0) is 66.9 Å². The molecule has 0 bridgehead atoms. The zero-order chi connectivity index (χ0) is 26.8. The molecule has 200 valence electrons. The third-order valence-corrected chi connectivity index (χ3v) is 9.72. The molecule has 1 unspecified atom stereocenters. The van der Waals surface area contributed by atoms with Crippen LogP contribution in [0.1, 0.15) is 66.9 Å². The first kappa shape index (κ1) is 30.0. The van der Waals surface area contributed by atoms with E-state index in [-0.39, 0.29) is 32.0 Å². The van der Waals surface area contributed by atoms with Gasteiger partial charge >= 0.3 is 20.7 Å². The number of allylic oxidation sites excluding steroid dienone is 3. The zero-order valence-electron chi connectivity index (χ0n) is 22.8. The summed E-state index contributed by atoms with van der Waals surface area (Å²) in [5, 5.41) is 0.894. The maximum atomic E-state index is 13.4. The number of ether oxygens (including phenoxy) is 2. The van der Waals surface area contributed by atoms with E-state index < -0.39 is 26.2 Å². The van der Waals surface area contributed by atoms with E-state index in [1.807, 2.05) is 65.0 Å². The summed E-state index contributed by atoms with van der Waals surface area (Å²) < 4.78 is 29.8. The number of carbonyl (C=O) groups excluding carboxylic acids is 2. The van der Waals surface area contributed by atoms with E-state index in [0.29, 0.717) is 19.8 Å². The summed E-state index contributed by atoms with van der Waals surface area (Å²) in [4.78, 5) is 26.8. The maximum Gasteiger partial charge on any atom is 0.533 e. The first-order valence-corrected chi connectivity index (χ1v) is 14.7. The van der Waals surface area contributed by atoms with Crippen LogP contribution >= 0.6 is 0 Å². The number of rotatable bonds is 13. The average molecular weight is 519 g/mol. The van der Waals surface area contributed by atoms with Crippen LogP contribution in [0.15, 0.2) is 46.7 Å². The summed E-state index contributed by atoms with van der Waals surface area (Å²) in [6.45, 7) is 14.8. The number of hydrogen-bond donors (Lipinski definition) is 0. The van der Waals surface area contributed by atoms with Crippen LogP contribution in [0.2, 0.25) is 0 Å². The van der Waals surface area contributed by atoms with E-state index in [0.717, 1.165) is 21.9 Å². The smallest absolute Gasteiger partial charge is 0.465 e. The molecule has 0 amide bonds. The highest BCUT2D eigenvalue weighted by Crippen LogP contribution is 2.53. The molecule has 0 aromatic heterocycles. The van der Waals surface area contributed by atoms with E-state index >= 15 is 0 Å². The van der Waals surface area contributed by atoms with Crippen molar-refractivity contribution >= 4 is 26.8 Å². The SMILES string of the molecule is CCOC(=O)C1(C(=O)OCC)C/C(=C/c2ccccc2)C(C(=C(C)C)[Si](OCC)(OCC)OCC)C1. The van der Waals surface area contributed by atoms with Crippen LogP contribution in [0.25, 0.3) is 6.08 Å².